The molecular weight excluding hydrogens is 266 g/mol. The zero-order chi connectivity index (χ0) is 15.6. The van der Waals surface area contributed by atoms with E-state index in [-0.39, 0.29) is 18.4 Å². The Balaban J connectivity index is 2.25. The predicted octanol–water partition coefficient (Wildman–Crippen LogP) is 2.88. The molecule has 0 bridgehead atoms. The molecule has 0 radical (unpaired) electrons. The molecule has 0 aliphatic carbocycles. The molecule has 1 amide bonds. The van der Waals surface area contributed by atoms with E-state index in [1.54, 1.807) is 4.90 Å². The minimum atomic E-state index is -0.865. The molecule has 21 heavy (non-hydrogen) atoms. The number of carboxylic acids is 1. The van der Waals surface area contributed by atoms with E-state index in [9.17, 15) is 14.7 Å². The standard InChI is InChI=1S/C17H23NO3/c1-4-11(2)12(3)16(19)18-9-13-7-5-6-8-14(13)15(10-18)17(20)21/h5-8,11-12,15H,4,9-10H2,1-3H3,(H,20,21). The van der Waals surface area contributed by atoms with E-state index in [0.29, 0.717) is 12.5 Å². The van der Waals surface area contributed by atoms with Crippen molar-refractivity contribution in [3.05, 3.63) is 35.4 Å². The van der Waals surface area contributed by atoms with Gasteiger partial charge in [-0.05, 0) is 17.0 Å². The smallest absolute Gasteiger partial charge is 0.312 e. The molecule has 0 saturated carbocycles. The average Bonchev–Trinajstić information content (AvgIpc) is 2.51. The lowest BCUT2D eigenvalue weighted by atomic mass is 9.87. The molecule has 3 unspecified atom stereocenters. The monoisotopic (exact) mass is 289 g/mol. The number of nitrogens with zero attached hydrogens (tertiary/aromatic N) is 1. The summed E-state index contributed by atoms with van der Waals surface area (Å²) in [5.41, 5.74) is 1.78. The summed E-state index contributed by atoms with van der Waals surface area (Å²) in [6.45, 7) is 6.85. The zero-order valence-electron chi connectivity index (χ0n) is 12.9. The lowest BCUT2D eigenvalue weighted by molar-refractivity contribution is -0.143. The minimum Gasteiger partial charge on any atom is -0.481 e. The van der Waals surface area contributed by atoms with Gasteiger partial charge in [0.05, 0.1) is 5.92 Å². The maximum Gasteiger partial charge on any atom is 0.312 e. The largest absolute Gasteiger partial charge is 0.481 e. The van der Waals surface area contributed by atoms with Crippen molar-refractivity contribution < 1.29 is 14.7 Å². The van der Waals surface area contributed by atoms with Gasteiger partial charge in [0.15, 0.2) is 0 Å². The van der Waals surface area contributed by atoms with Crippen molar-refractivity contribution in [1.29, 1.82) is 0 Å². The normalized spacial score (nSPS) is 20.5. The molecule has 1 aliphatic heterocycles. The van der Waals surface area contributed by atoms with Crippen molar-refractivity contribution in [2.24, 2.45) is 11.8 Å². The third-order valence-electron chi connectivity index (χ3n) is 4.69. The number of carbonyl (C=O) groups is 2. The Morgan fingerprint density at radius 1 is 1.33 bits per heavy atom. The third kappa shape index (κ3) is 3.09. The molecule has 4 nitrogen and oxygen atoms in total. The Morgan fingerprint density at radius 3 is 2.62 bits per heavy atom. The van der Waals surface area contributed by atoms with Gasteiger partial charge in [-0.15, -0.1) is 0 Å². The van der Waals surface area contributed by atoms with Crippen molar-refractivity contribution >= 4 is 11.9 Å². The van der Waals surface area contributed by atoms with Crippen LogP contribution in [0.15, 0.2) is 24.3 Å². The summed E-state index contributed by atoms with van der Waals surface area (Å²) >= 11 is 0. The summed E-state index contributed by atoms with van der Waals surface area (Å²) in [5.74, 6) is -1.20. The highest BCUT2D eigenvalue weighted by atomic mass is 16.4. The van der Waals surface area contributed by atoms with Crippen LogP contribution in [0.2, 0.25) is 0 Å². The number of fused-ring (bicyclic) bond motifs is 1. The van der Waals surface area contributed by atoms with Gasteiger partial charge in [-0.1, -0.05) is 51.5 Å². The Morgan fingerprint density at radius 2 is 2.00 bits per heavy atom. The number of hydrogen-bond acceptors (Lipinski definition) is 2. The summed E-state index contributed by atoms with van der Waals surface area (Å²) < 4.78 is 0. The van der Waals surface area contributed by atoms with E-state index < -0.39 is 11.9 Å². The molecule has 0 saturated heterocycles. The first-order chi connectivity index (χ1) is 9.95. The van der Waals surface area contributed by atoms with Crippen LogP contribution in [0, 0.1) is 11.8 Å². The SMILES string of the molecule is CCC(C)C(C)C(=O)N1Cc2ccccc2C(C(=O)O)C1. The maximum absolute atomic E-state index is 12.6. The van der Waals surface area contributed by atoms with Crippen LogP contribution >= 0.6 is 0 Å². The third-order valence-corrected chi connectivity index (χ3v) is 4.69. The van der Waals surface area contributed by atoms with E-state index in [1.807, 2.05) is 31.2 Å². The van der Waals surface area contributed by atoms with Crippen molar-refractivity contribution in [3.8, 4) is 0 Å². The van der Waals surface area contributed by atoms with Crippen LogP contribution in [0.1, 0.15) is 44.2 Å². The summed E-state index contributed by atoms with van der Waals surface area (Å²) in [7, 11) is 0. The second-order valence-corrected chi connectivity index (χ2v) is 5.98. The van der Waals surface area contributed by atoms with E-state index in [2.05, 4.69) is 13.8 Å². The number of carboxylic acid groups (broad SMARTS) is 1. The van der Waals surface area contributed by atoms with Crippen LogP contribution in [-0.4, -0.2) is 28.4 Å². The van der Waals surface area contributed by atoms with E-state index in [4.69, 9.17) is 0 Å². The average molecular weight is 289 g/mol. The van der Waals surface area contributed by atoms with Gasteiger partial charge < -0.3 is 10.0 Å². The van der Waals surface area contributed by atoms with Gasteiger partial charge in [-0.3, -0.25) is 9.59 Å². The summed E-state index contributed by atoms with van der Waals surface area (Å²) in [4.78, 5) is 25.8. The Kier molecular flexibility index (Phi) is 4.66. The molecule has 1 aromatic rings. The number of amides is 1. The van der Waals surface area contributed by atoms with Gasteiger partial charge in [-0.25, -0.2) is 0 Å². The zero-order valence-corrected chi connectivity index (χ0v) is 12.9. The van der Waals surface area contributed by atoms with Crippen LogP contribution in [-0.2, 0) is 16.1 Å². The molecule has 0 fully saturated rings. The van der Waals surface area contributed by atoms with Gasteiger partial charge in [0.1, 0.15) is 0 Å². The fraction of sp³-hybridized carbons (Fsp3) is 0.529. The van der Waals surface area contributed by atoms with Crippen LogP contribution in [0.5, 0.6) is 0 Å². The quantitative estimate of drug-likeness (QED) is 0.927. The molecule has 3 atom stereocenters. The highest BCUT2D eigenvalue weighted by Crippen LogP contribution is 2.30. The first kappa shape index (κ1) is 15.5. The molecule has 0 aromatic heterocycles. The predicted molar refractivity (Wildman–Crippen MR) is 80.9 cm³/mol. The molecule has 114 valence electrons. The van der Waals surface area contributed by atoms with E-state index in [1.165, 1.54) is 0 Å². The molecule has 1 aliphatic rings. The minimum absolute atomic E-state index is 0.0603. The number of benzene rings is 1. The van der Waals surface area contributed by atoms with Crippen molar-refractivity contribution in [2.75, 3.05) is 6.54 Å². The van der Waals surface area contributed by atoms with Crippen molar-refractivity contribution in [1.82, 2.24) is 4.90 Å². The maximum atomic E-state index is 12.6. The van der Waals surface area contributed by atoms with Crippen molar-refractivity contribution in [3.63, 3.8) is 0 Å². The van der Waals surface area contributed by atoms with Crippen LogP contribution < -0.4 is 0 Å². The number of carbonyl (C=O) groups excluding carboxylic acids is 1. The van der Waals surface area contributed by atoms with E-state index >= 15 is 0 Å². The Hall–Kier alpha value is -1.84. The van der Waals surface area contributed by atoms with Gasteiger partial charge >= 0.3 is 5.97 Å². The van der Waals surface area contributed by atoms with Gasteiger partial charge in [-0.2, -0.15) is 0 Å². The lowest BCUT2D eigenvalue weighted by Gasteiger charge is -2.35. The second-order valence-electron chi connectivity index (χ2n) is 5.98. The molecule has 1 heterocycles. The molecule has 1 N–H and O–H groups in total. The van der Waals surface area contributed by atoms with Gasteiger partial charge in [0.2, 0.25) is 5.91 Å². The lowest BCUT2D eigenvalue weighted by Crippen LogP contribution is -2.43. The first-order valence-corrected chi connectivity index (χ1v) is 7.55. The number of rotatable bonds is 4. The Bertz CT molecular complexity index is 541. The molecular formula is C17H23NO3. The number of aliphatic carboxylic acids is 1. The molecule has 0 spiro atoms. The first-order valence-electron chi connectivity index (χ1n) is 7.55. The van der Waals surface area contributed by atoms with Crippen molar-refractivity contribution in [2.45, 2.75) is 39.7 Å². The van der Waals surface area contributed by atoms with Gasteiger partial charge in [0, 0.05) is 19.0 Å². The highest BCUT2D eigenvalue weighted by molar-refractivity contribution is 5.82. The summed E-state index contributed by atoms with van der Waals surface area (Å²) in [5, 5.41) is 9.44. The highest BCUT2D eigenvalue weighted by Gasteiger charge is 2.34. The van der Waals surface area contributed by atoms with Crippen LogP contribution in [0.4, 0.5) is 0 Å². The molecule has 2 rings (SSSR count). The summed E-state index contributed by atoms with van der Waals surface area (Å²) in [6.07, 6.45) is 0.944. The summed E-state index contributed by atoms with van der Waals surface area (Å²) in [6, 6.07) is 7.52. The van der Waals surface area contributed by atoms with Crippen LogP contribution in [0.25, 0.3) is 0 Å². The second kappa shape index (κ2) is 6.29. The fourth-order valence-corrected chi connectivity index (χ4v) is 2.87. The molecule has 1 aromatic carbocycles. The van der Waals surface area contributed by atoms with Crippen LogP contribution in [0.3, 0.4) is 0 Å². The fourth-order valence-electron chi connectivity index (χ4n) is 2.87. The Labute approximate surface area is 125 Å². The van der Waals surface area contributed by atoms with E-state index in [0.717, 1.165) is 17.5 Å². The number of hydrogen-bond donors (Lipinski definition) is 1. The molecule has 4 heteroatoms. The topological polar surface area (TPSA) is 57.6 Å². The van der Waals surface area contributed by atoms with Gasteiger partial charge in [0.25, 0.3) is 0 Å².